The molecular weight excluding hydrogens is 334 g/mol. The molecule has 140 valence electrons. The van der Waals surface area contributed by atoms with Gasteiger partial charge >= 0.3 is 0 Å². The predicted molar refractivity (Wildman–Crippen MR) is 95.3 cm³/mol. The first kappa shape index (κ1) is 18.3. The largest absolute Gasteiger partial charge is 0.367 e. The molecule has 0 atom stereocenters. The maximum Gasteiger partial charge on any atom is 0.290 e. The van der Waals surface area contributed by atoms with Crippen LogP contribution in [0.5, 0.6) is 0 Å². The molecule has 1 aliphatic carbocycles. The molecule has 1 aromatic heterocycles. The zero-order valence-electron chi connectivity index (χ0n) is 15.2. The smallest absolute Gasteiger partial charge is 0.290 e. The summed E-state index contributed by atoms with van der Waals surface area (Å²) < 4.78 is 0. The Morgan fingerprint density at radius 2 is 1.88 bits per heavy atom. The van der Waals surface area contributed by atoms with Gasteiger partial charge in [-0.15, -0.1) is 0 Å². The van der Waals surface area contributed by atoms with E-state index in [0.717, 1.165) is 25.7 Å². The molecule has 1 saturated heterocycles. The maximum absolute atomic E-state index is 12.2. The summed E-state index contributed by atoms with van der Waals surface area (Å²) >= 11 is 0. The molecule has 3 N–H and O–H groups in total. The zero-order chi connectivity index (χ0) is 18.9. The van der Waals surface area contributed by atoms with E-state index in [2.05, 4.69) is 15.3 Å². The number of hydrogen-bond acceptors (Lipinski definition) is 6. The lowest BCUT2D eigenvalue weighted by atomic mass is 9.60. The first-order valence-corrected chi connectivity index (χ1v) is 9.01. The second-order valence-electron chi connectivity index (χ2n) is 7.71. The van der Waals surface area contributed by atoms with Crippen LogP contribution < -0.4 is 11.1 Å². The lowest BCUT2D eigenvalue weighted by molar-refractivity contribution is -0.148. The van der Waals surface area contributed by atoms with Crippen molar-refractivity contribution in [2.24, 2.45) is 17.1 Å². The van der Waals surface area contributed by atoms with E-state index in [1.807, 2.05) is 0 Å². The van der Waals surface area contributed by atoms with Crippen LogP contribution in [-0.4, -0.2) is 51.6 Å². The molecule has 26 heavy (non-hydrogen) atoms. The molecule has 2 amide bonds. The summed E-state index contributed by atoms with van der Waals surface area (Å²) in [4.78, 5) is 44.9. The van der Waals surface area contributed by atoms with Crippen molar-refractivity contribution in [2.75, 3.05) is 18.4 Å². The van der Waals surface area contributed by atoms with Crippen molar-refractivity contribution in [1.82, 2.24) is 14.9 Å². The molecule has 8 heteroatoms. The lowest BCUT2D eigenvalue weighted by Gasteiger charge is -2.52. The number of amides is 2. The van der Waals surface area contributed by atoms with Crippen molar-refractivity contribution in [3.8, 4) is 0 Å². The van der Waals surface area contributed by atoms with Gasteiger partial charge in [0.25, 0.3) is 11.8 Å². The zero-order valence-corrected chi connectivity index (χ0v) is 15.2. The molecular formula is C18H25N5O3. The van der Waals surface area contributed by atoms with E-state index >= 15 is 0 Å². The normalized spacial score (nSPS) is 19.3. The number of piperidine rings is 1. The molecule has 0 radical (unpaired) electrons. The number of nitrogens with two attached hydrogens (primary N) is 1. The molecule has 2 fully saturated rings. The summed E-state index contributed by atoms with van der Waals surface area (Å²) in [7, 11) is 0. The number of hydrogen-bond donors (Lipinski definition) is 2. The number of carbonyl (C=O) groups excluding carboxylic acids is 3. The number of nitrogens with zero attached hydrogens (tertiary/aromatic N) is 3. The minimum Gasteiger partial charge on any atom is -0.367 e. The Morgan fingerprint density at radius 1 is 1.23 bits per heavy atom. The van der Waals surface area contributed by atoms with Gasteiger partial charge in [-0.1, -0.05) is 13.8 Å². The molecule has 3 rings (SSSR count). The third-order valence-corrected chi connectivity index (χ3v) is 5.48. The minimum atomic E-state index is -0.575. The number of rotatable bonds is 5. The van der Waals surface area contributed by atoms with Gasteiger partial charge in [-0.05, 0) is 31.1 Å². The van der Waals surface area contributed by atoms with Crippen molar-refractivity contribution in [2.45, 2.75) is 45.6 Å². The number of nitrogens with one attached hydrogen (secondary N) is 1. The van der Waals surface area contributed by atoms with Crippen molar-refractivity contribution in [3.05, 3.63) is 18.1 Å². The molecule has 0 unspecified atom stereocenters. The number of likely N-dealkylation sites (tertiary alicyclic amines) is 1. The van der Waals surface area contributed by atoms with Gasteiger partial charge in [0.15, 0.2) is 0 Å². The standard InChI is InChI=1S/C18H25N5O3/c1-11(2)15(24)17(26)23-5-3-18(4-6-23)8-12(9-18)22-14-7-13(16(19)25)20-10-21-14/h7,10-12H,3-6,8-9H2,1-2H3,(H2,19,25)(H,20,21,22). The van der Waals surface area contributed by atoms with Crippen LogP contribution in [0.1, 0.15) is 50.0 Å². The molecule has 0 aromatic carbocycles. The number of carbonyl (C=O) groups is 3. The fourth-order valence-electron chi connectivity index (χ4n) is 3.86. The van der Waals surface area contributed by atoms with Gasteiger partial charge < -0.3 is 16.0 Å². The van der Waals surface area contributed by atoms with Crippen molar-refractivity contribution < 1.29 is 14.4 Å². The van der Waals surface area contributed by atoms with Crippen LogP contribution in [0.2, 0.25) is 0 Å². The van der Waals surface area contributed by atoms with E-state index in [1.165, 1.54) is 6.33 Å². The van der Waals surface area contributed by atoms with Crippen molar-refractivity contribution in [1.29, 1.82) is 0 Å². The Balaban J connectivity index is 1.50. The first-order chi connectivity index (χ1) is 12.3. The number of primary amides is 1. The van der Waals surface area contributed by atoms with E-state index < -0.39 is 5.91 Å². The van der Waals surface area contributed by atoms with Gasteiger partial charge in [-0.3, -0.25) is 14.4 Å². The average Bonchev–Trinajstić information content (AvgIpc) is 2.60. The van der Waals surface area contributed by atoms with Gasteiger partial charge in [0.05, 0.1) is 0 Å². The fraction of sp³-hybridized carbons (Fsp3) is 0.611. The Hall–Kier alpha value is -2.51. The highest BCUT2D eigenvalue weighted by molar-refractivity contribution is 6.36. The summed E-state index contributed by atoms with van der Waals surface area (Å²) in [6, 6.07) is 1.84. The fourth-order valence-corrected chi connectivity index (χ4v) is 3.86. The van der Waals surface area contributed by atoms with Crippen LogP contribution in [0.25, 0.3) is 0 Å². The van der Waals surface area contributed by atoms with Crippen LogP contribution in [0.3, 0.4) is 0 Å². The molecule has 2 heterocycles. The van der Waals surface area contributed by atoms with Crippen LogP contribution in [-0.2, 0) is 9.59 Å². The van der Waals surface area contributed by atoms with Gasteiger partial charge in [-0.2, -0.15) is 0 Å². The SMILES string of the molecule is CC(C)C(=O)C(=O)N1CCC2(CC1)CC(Nc1cc(C(N)=O)ncn1)C2. The van der Waals surface area contributed by atoms with Crippen LogP contribution in [0.4, 0.5) is 5.82 Å². The molecule has 8 nitrogen and oxygen atoms in total. The molecule has 1 aliphatic heterocycles. The van der Waals surface area contributed by atoms with Gasteiger partial charge in [0, 0.05) is 31.1 Å². The van der Waals surface area contributed by atoms with E-state index in [0.29, 0.717) is 18.9 Å². The molecule has 1 spiro atoms. The van der Waals surface area contributed by atoms with Crippen LogP contribution in [0, 0.1) is 11.3 Å². The second kappa shape index (κ2) is 7.01. The van der Waals surface area contributed by atoms with Crippen molar-refractivity contribution >= 4 is 23.4 Å². The number of anilines is 1. The van der Waals surface area contributed by atoms with E-state index in [4.69, 9.17) is 5.73 Å². The Morgan fingerprint density at radius 3 is 2.46 bits per heavy atom. The van der Waals surface area contributed by atoms with Crippen LogP contribution in [0.15, 0.2) is 12.4 Å². The van der Waals surface area contributed by atoms with E-state index in [-0.39, 0.29) is 34.8 Å². The Kier molecular flexibility index (Phi) is 4.93. The van der Waals surface area contributed by atoms with Gasteiger partial charge in [0.1, 0.15) is 17.8 Å². The summed E-state index contributed by atoms with van der Waals surface area (Å²) in [6.07, 6.45) is 5.13. The molecule has 2 aliphatic rings. The van der Waals surface area contributed by atoms with Crippen LogP contribution >= 0.6 is 0 Å². The Bertz CT molecular complexity index is 717. The minimum absolute atomic E-state index is 0.193. The van der Waals surface area contributed by atoms with E-state index in [9.17, 15) is 14.4 Å². The second-order valence-corrected chi connectivity index (χ2v) is 7.71. The summed E-state index contributed by atoms with van der Waals surface area (Å²) in [5.41, 5.74) is 5.66. The summed E-state index contributed by atoms with van der Waals surface area (Å²) in [5.74, 6) is -0.877. The van der Waals surface area contributed by atoms with Gasteiger partial charge in [0.2, 0.25) is 5.78 Å². The third kappa shape index (κ3) is 3.68. The summed E-state index contributed by atoms with van der Waals surface area (Å²) in [5, 5.41) is 3.32. The molecule has 1 aromatic rings. The highest BCUT2D eigenvalue weighted by atomic mass is 16.2. The summed E-state index contributed by atoms with van der Waals surface area (Å²) in [6.45, 7) is 4.79. The lowest BCUT2D eigenvalue weighted by Crippen LogP contribution is -2.53. The quantitative estimate of drug-likeness (QED) is 0.757. The van der Waals surface area contributed by atoms with Crippen molar-refractivity contribution in [3.63, 3.8) is 0 Å². The molecule has 0 bridgehead atoms. The molecule has 1 saturated carbocycles. The average molecular weight is 359 g/mol. The predicted octanol–water partition coefficient (Wildman–Crippen LogP) is 0.984. The third-order valence-electron chi connectivity index (χ3n) is 5.48. The number of ketones is 1. The topological polar surface area (TPSA) is 118 Å². The van der Waals surface area contributed by atoms with E-state index in [1.54, 1.807) is 24.8 Å². The van der Waals surface area contributed by atoms with Gasteiger partial charge in [-0.25, -0.2) is 9.97 Å². The highest BCUT2D eigenvalue weighted by Crippen LogP contribution is 2.49. The maximum atomic E-state index is 12.2. The first-order valence-electron chi connectivity index (χ1n) is 9.01. The number of Topliss-reactive ketones (excluding diaryl/α,β-unsaturated/α-hetero) is 1. The Labute approximate surface area is 152 Å². The monoisotopic (exact) mass is 359 g/mol. The number of aromatic nitrogens is 2. The highest BCUT2D eigenvalue weighted by Gasteiger charge is 2.46.